The fraction of sp³-hybridized carbons (Fsp3) is 0.484. The van der Waals surface area contributed by atoms with Gasteiger partial charge in [-0.3, -0.25) is 19.5 Å². The maximum absolute atomic E-state index is 12.6. The van der Waals surface area contributed by atoms with E-state index in [9.17, 15) is 14.9 Å². The molecule has 8 rings (SSSR count). The van der Waals surface area contributed by atoms with Crippen molar-refractivity contribution in [2.45, 2.75) is 69.5 Å². The molecular weight excluding hydrogens is 506 g/mol. The molecule has 0 radical (unpaired) electrons. The Hall–Kier alpha value is -3.28. The molecular formula is C31H31N5O2S. The predicted octanol–water partition coefficient (Wildman–Crippen LogP) is 4.77. The van der Waals surface area contributed by atoms with Crippen molar-refractivity contribution in [3.05, 3.63) is 46.5 Å². The number of fused-ring (bicyclic) bond motifs is 3. The first-order valence-electron chi connectivity index (χ1n) is 14.4. The van der Waals surface area contributed by atoms with Crippen LogP contribution >= 0.6 is 11.3 Å². The number of imide groups is 1. The Kier molecular flexibility index (Phi) is 5.21. The van der Waals surface area contributed by atoms with E-state index in [1.165, 1.54) is 48.3 Å². The van der Waals surface area contributed by atoms with E-state index in [1.807, 2.05) is 12.3 Å². The molecule has 2 saturated heterocycles. The van der Waals surface area contributed by atoms with Crippen LogP contribution in [0, 0.1) is 23.2 Å². The number of thiophene rings is 1. The van der Waals surface area contributed by atoms with Crippen LogP contribution in [0.1, 0.15) is 60.9 Å². The Labute approximate surface area is 231 Å². The van der Waals surface area contributed by atoms with Crippen molar-refractivity contribution < 1.29 is 9.59 Å². The van der Waals surface area contributed by atoms with Crippen molar-refractivity contribution in [3.63, 3.8) is 0 Å². The second kappa shape index (κ2) is 8.61. The van der Waals surface area contributed by atoms with Crippen LogP contribution in [0.25, 0.3) is 21.3 Å². The molecule has 2 unspecified atom stereocenters. The van der Waals surface area contributed by atoms with Gasteiger partial charge in [-0.25, -0.2) is 0 Å². The van der Waals surface area contributed by atoms with Crippen LogP contribution < -0.4 is 10.2 Å². The number of pyridine rings is 1. The number of carbonyl (C=O) groups is 2. The maximum Gasteiger partial charge on any atom is 0.233 e. The molecule has 3 aromatic rings. The lowest BCUT2D eigenvalue weighted by atomic mass is 9.89. The molecule has 3 atom stereocenters. The first-order chi connectivity index (χ1) is 19.0. The van der Waals surface area contributed by atoms with Gasteiger partial charge in [-0.15, -0.1) is 11.3 Å². The molecule has 5 heterocycles. The summed E-state index contributed by atoms with van der Waals surface area (Å²) in [4.78, 5) is 34.9. The van der Waals surface area contributed by atoms with E-state index in [0.717, 1.165) is 58.6 Å². The number of amides is 2. The number of nitrogens with zero attached hydrogens (tertiary/aromatic N) is 4. The highest BCUT2D eigenvalue weighted by molar-refractivity contribution is 7.19. The van der Waals surface area contributed by atoms with E-state index < -0.39 is 0 Å². The van der Waals surface area contributed by atoms with Gasteiger partial charge >= 0.3 is 0 Å². The fourth-order valence-electron chi connectivity index (χ4n) is 7.83. The predicted molar refractivity (Wildman–Crippen MR) is 150 cm³/mol. The van der Waals surface area contributed by atoms with Crippen molar-refractivity contribution in [2.75, 3.05) is 18.0 Å². The minimum atomic E-state index is -0.0831. The first kappa shape index (κ1) is 23.6. The normalized spacial score (nSPS) is 26.9. The smallest absolute Gasteiger partial charge is 0.233 e. The molecule has 0 bridgehead atoms. The molecule has 2 aromatic heterocycles. The first-order valence-corrected chi connectivity index (χ1v) is 15.2. The summed E-state index contributed by atoms with van der Waals surface area (Å²) in [6.45, 7) is 2.36. The molecule has 198 valence electrons. The summed E-state index contributed by atoms with van der Waals surface area (Å²) in [6.07, 6.45) is 11.0. The molecule has 8 heteroatoms. The number of nitriles is 1. The van der Waals surface area contributed by atoms with E-state index in [1.54, 1.807) is 11.3 Å². The average molecular weight is 538 g/mol. The number of hydrogen-bond donors (Lipinski definition) is 1. The summed E-state index contributed by atoms with van der Waals surface area (Å²) in [5, 5.41) is 13.8. The highest BCUT2D eigenvalue weighted by Gasteiger charge is 2.58. The van der Waals surface area contributed by atoms with Gasteiger partial charge in [-0.2, -0.15) is 5.26 Å². The summed E-state index contributed by atoms with van der Waals surface area (Å²) < 4.78 is 1.05. The topological polar surface area (TPSA) is 89.3 Å². The number of aromatic nitrogens is 1. The lowest BCUT2D eigenvalue weighted by Crippen LogP contribution is -2.40. The molecule has 2 saturated carbocycles. The number of likely N-dealkylation sites (tertiary alicyclic amines) is 1. The average Bonchev–Trinajstić information content (AvgIpc) is 3.23. The van der Waals surface area contributed by atoms with Gasteiger partial charge in [0.1, 0.15) is 0 Å². The molecule has 3 aliphatic heterocycles. The lowest BCUT2D eigenvalue weighted by molar-refractivity contribution is -0.141. The lowest BCUT2D eigenvalue weighted by Gasteiger charge is -2.38. The quantitative estimate of drug-likeness (QED) is 0.483. The molecule has 4 fully saturated rings. The Morgan fingerprint density at radius 3 is 2.72 bits per heavy atom. The third-order valence-corrected chi connectivity index (χ3v) is 11.0. The zero-order valence-corrected chi connectivity index (χ0v) is 22.7. The van der Waals surface area contributed by atoms with Crippen LogP contribution in [-0.4, -0.2) is 46.4 Å². The van der Waals surface area contributed by atoms with Crippen molar-refractivity contribution in [1.82, 2.24) is 15.2 Å². The number of anilines is 1. The van der Waals surface area contributed by atoms with Crippen molar-refractivity contribution in [1.29, 1.82) is 5.26 Å². The summed E-state index contributed by atoms with van der Waals surface area (Å²) in [5.41, 5.74) is 6.59. The third-order valence-electron chi connectivity index (χ3n) is 9.81. The van der Waals surface area contributed by atoms with E-state index in [0.29, 0.717) is 23.7 Å². The number of piperidine rings is 1. The van der Waals surface area contributed by atoms with E-state index in [-0.39, 0.29) is 23.7 Å². The van der Waals surface area contributed by atoms with Crippen LogP contribution in [0.4, 0.5) is 5.69 Å². The Morgan fingerprint density at radius 1 is 1.10 bits per heavy atom. The second-order valence-electron chi connectivity index (χ2n) is 12.2. The van der Waals surface area contributed by atoms with E-state index in [2.05, 4.69) is 39.5 Å². The van der Waals surface area contributed by atoms with Crippen LogP contribution in [0.15, 0.2) is 30.5 Å². The van der Waals surface area contributed by atoms with Gasteiger partial charge in [0.05, 0.1) is 40.2 Å². The molecule has 2 amide bonds. The second-order valence-corrected chi connectivity index (χ2v) is 13.3. The molecule has 1 spiro atoms. The van der Waals surface area contributed by atoms with Crippen LogP contribution in [0.2, 0.25) is 0 Å². The fourth-order valence-corrected chi connectivity index (χ4v) is 8.96. The van der Waals surface area contributed by atoms with E-state index in [4.69, 9.17) is 0 Å². The van der Waals surface area contributed by atoms with E-state index >= 15 is 0 Å². The number of hydrogen-bond acceptors (Lipinski definition) is 7. The largest absolute Gasteiger partial charge is 0.366 e. The zero-order chi connectivity index (χ0) is 26.3. The number of rotatable bonds is 4. The van der Waals surface area contributed by atoms with Crippen LogP contribution in [0.5, 0.6) is 0 Å². The molecule has 39 heavy (non-hydrogen) atoms. The summed E-state index contributed by atoms with van der Waals surface area (Å²) >= 11 is 1.62. The van der Waals surface area contributed by atoms with Gasteiger partial charge in [-0.1, -0.05) is 12.8 Å². The summed E-state index contributed by atoms with van der Waals surface area (Å²) in [6, 6.07) is 11.1. The monoisotopic (exact) mass is 537 g/mol. The van der Waals surface area contributed by atoms with Crippen LogP contribution in [0.3, 0.4) is 0 Å². The molecule has 1 aromatic carbocycles. The molecule has 2 aliphatic carbocycles. The highest BCUT2D eigenvalue weighted by Crippen LogP contribution is 2.49. The van der Waals surface area contributed by atoms with Gasteiger partial charge in [0.2, 0.25) is 11.8 Å². The zero-order valence-electron chi connectivity index (χ0n) is 21.9. The van der Waals surface area contributed by atoms with Gasteiger partial charge in [0.25, 0.3) is 0 Å². The van der Waals surface area contributed by atoms with Crippen molar-refractivity contribution in [2.24, 2.45) is 11.8 Å². The minimum Gasteiger partial charge on any atom is -0.366 e. The Bertz CT molecular complexity index is 1560. The summed E-state index contributed by atoms with van der Waals surface area (Å²) in [7, 11) is 0. The van der Waals surface area contributed by atoms with Crippen LogP contribution in [-0.2, 0) is 22.6 Å². The minimum absolute atomic E-state index is 0.0210. The van der Waals surface area contributed by atoms with Gasteiger partial charge in [-0.05, 0) is 68.4 Å². The number of benzene rings is 1. The van der Waals surface area contributed by atoms with Crippen molar-refractivity contribution in [3.8, 4) is 17.2 Å². The molecule has 5 aliphatic rings. The van der Waals surface area contributed by atoms with Gasteiger partial charge < -0.3 is 10.2 Å². The standard InChI is InChI=1S/C31H31N5O2S/c32-15-18-10-19-4-3-9-35(20-14-31(34-16-20)6-1-2-7-31)27(19)23(11-18)22-5-8-33-26-12-21(39-28(22)26)17-36-29(37)24-13-25(24)30(36)38/h5,8,10-12,20,24-25,34H,1-4,6-7,9,13-14,16-17H2/t20-,24?,25?/m0/s1. The van der Waals surface area contributed by atoms with Crippen molar-refractivity contribution >= 4 is 39.1 Å². The maximum atomic E-state index is 12.6. The molecule has 1 N–H and O–H groups in total. The summed E-state index contributed by atoms with van der Waals surface area (Å²) in [5.74, 6) is -0.208. The SMILES string of the molecule is N#Cc1cc2c(c(-c3ccnc4cc(CN5C(=O)C6CC6C5=O)sc34)c1)N([C@@H]1CNC3(CCCC3)C1)CCC2. The number of carbonyl (C=O) groups excluding carboxylic acids is 2. The Balaban J connectivity index is 1.20. The third kappa shape index (κ3) is 3.66. The van der Waals surface area contributed by atoms with Gasteiger partial charge in [0.15, 0.2) is 0 Å². The highest BCUT2D eigenvalue weighted by atomic mass is 32.1. The molecule has 7 nitrogen and oxygen atoms in total. The van der Waals surface area contributed by atoms with Gasteiger partial charge in [0, 0.05) is 52.6 Å². The number of aryl methyl sites for hydroxylation is 1. The number of nitrogens with one attached hydrogen (secondary N) is 1. The Morgan fingerprint density at radius 2 is 1.92 bits per heavy atom.